The van der Waals surface area contributed by atoms with Gasteiger partial charge in [-0.3, -0.25) is 4.79 Å². The molecule has 0 aliphatic carbocycles. The molecule has 96 valence electrons. The number of amides is 1. The zero-order chi connectivity index (χ0) is 13.1. The van der Waals surface area contributed by atoms with E-state index in [1.807, 2.05) is 13.8 Å². The van der Waals surface area contributed by atoms with Crippen molar-refractivity contribution in [3.8, 4) is 6.07 Å². The van der Waals surface area contributed by atoms with Crippen LogP contribution in [0.15, 0.2) is 0 Å². The van der Waals surface area contributed by atoms with Crippen LogP contribution in [-0.2, 0) is 0 Å². The second-order valence-corrected chi connectivity index (χ2v) is 5.62. The zero-order valence-corrected chi connectivity index (χ0v) is 11.4. The first-order valence-corrected chi connectivity index (χ1v) is 6.92. The molecule has 18 heavy (non-hydrogen) atoms. The summed E-state index contributed by atoms with van der Waals surface area (Å²) in [6.45, 7) is 5.26. The van der Waals surface area contributed by atoms with Gasteiger partial charge in [-0.2, -0.15) is 5.26 Å². The molecule has 0 N–H and O–H groups in total. The first-order valence-electron chi connectivity index (χ1n) is 6.14. The fourth-order valence-electron chi connectivity index (χ4n) is 2.13. The molecule has 1 aliphatic rings. The number of rotatable bonds is 2. The lowest BCUT2D eigenvalue weighted by Crippen LogP contribution is -2.39. The Bertz CT molecular complexity index is 477. The Kier molecular flexibility index (Phi) is 3.92. The van der Waals surface area contributed by atoms with Crippen molar-refractivity contribution in [1.29, 1.82) is 5.26 Å². The summed E-state index contributed by atoms with van der Waals surface area (Å²) in [7, 11) is 0. The van der Waals surface area contributed by atoms with Gasteiger partial charge in [-0.1, -0.05) is 18.3 Å². The topological polar surface area (TPSA) is 69.9 Å². The smallest absolute Gasteiger partial charge is 0.267 e. The zero-order valence-electron chi connectivity index (χ0n) is 10.6. The maximum atomic E-state index is 12.4. The molecule has 0 bridgehead atoms. The molecule has 0 spiro atoms. The fraction of sp³-hybridized carbons (Fsp3) is 0.667. The molecule has 1 unspecified atom stereocenters. The molecule has 0 aromatic carbocycles. The summed E-state index contributed by atoms with van der Waals surface area (Å²) in [5.41, 5.74) is 0.768. The van der Waals surface area contributed by atoms with Crippen LogP contribution in [0.5, 0.6) is 0 Å². The van der Waals surface area contributed by atoms with Crippen LogP contribution < -0.4 is 0 Å². The van der Waals surface area contributed by atoms with E-state index in [-0.39, 0.29) is 17.7 Å². The number of hydrogen-bond acceptors (Lipinski definition) is 5. The number of likely N-dealkylation sites (tertiary alicyclic amines) is 1. The second-order valence-electron chi connectivity index (χ2n) is 4.86. The van der Waals surface area contributed by atoms with Crippen LogP contribution in [0.1, 0.15) is 48.0 Å². The molecular weight excluding hydrogens is 248 g/mol. The van der Waals surface area contributed by atoms with Gasteiger partial charge in [0.2, 0.25) is 0 Å². The summed E-state index contributed by atoms with van der Waals surface area (Å²) in [6.07, 6.45) is 1.78. The third kappa shape index (κ3) is 2.51. The molecule has 1 aromatic heterocycles. The van der Waals surface area contributed by atoms with Crippen molar-refractivity contribution in [3.63, 3.8) is 0 Å². The minimum atomic E-state index is -0.0360. The largest absolute Gasteiger partial charge is 0.337 e. The molecular formula is C12H16N4OS. The molecule has 5 nitrogen and oxygen atoms in total. The van der Waals surface area contributed by atoms with Gasteiger partial charge >= 0.3 is 0 Å². The second kappa shape index (κ2) is 5.44. The van der Waals surface area contributed by atoms with Crippen molar-refractivity contribution in [3.05, 3.63) is 10.6 Å². The first-order chi connectivity index (χ1) is 8.63. The third-order valence-corrected chi connectivity index (χ3v) is 3.88. The van der Waals surface area contributed by atoms with Crippen LogP contribution in [0.2, 0.25) is 0 Å². The average molecular weight is 264 g/mol. The minimum absolute atomic E-state index is 0.0198. The van der Waals surface area contributed by atoms with E-state index in [1.165, 1.54) is 0 Å². The van der Waals surface area contributed by atoms with Crippen molar-refractivity contribution < 1.29 is 4.79 Å². The van der Waals surface area contributed by atoms with E-state index < -0.39 is 0 Å². The van der Waals surface area contributed by atoms with Crippen LogP contribution in [0, 0.1) is 17.2 Å². The van der Waals surface area contributed by atoms with E-state index in [0.717, 1.165) is 36.6 Å². The molecule has 2 heterocycles. The van der Waals surface area contributed by atoms with Crippen molar-refractivity contribution in [2.75, 3.05) is 13.1 Å². The van der Waals surface area contributed by atoms with Gasteiger partial charge < -0.3 is 4.90 Å². The molecule has 1 aromatic rings. The van der Waals surface area contributed by atoms with E-state index in [1.54, 1.807) is 4.90 Å². The third-order valence-electron chi connectivity index (χ3n) is 3.15. The normalized spacial score (nSPS) is 19.9. The Morgan fingerprint density at radius 1 is 1.61 bits per heavy atom. The van der Waals surface area contributed by atoms with Gasteiger partial charge in [0.15, 0.2) is 0 Å². The Morgan fingerprint density at radius 3 is 3.06 bits per heavy atom. The maximum Gasteiger partial charge on any atom is 0.267 e. The highest BCUT2D eigenvalue weighted by molar-refractivity contribution is 7.08. The molecule has 0 radical (unpaired) electrons. The van der Waals surface area contributed by atoms with Crippen molar-refractivity contribution in [2.45, 2.75) is 32.6 Å². The molecule has 1 amide bonds. The van der Waals surface area contributed by atoms with Gasteiger partial charge in [0, 0.05) is 13.1 Å². The van der Waals surface area contributed by atoms with Crippen molar-refractivity contribution in [2.24, 2.45) is 5.92 Å². The number of nitrogens with zero attached hydrogens (tertiary/aromatic N) is 4. The first kappa shape index (κ1) is 13.0. The van der Waals surface area contributed by atoms with Gasteiger partial charge in [0.05, 0.1) is 17.7 Å². The molecule has 1 saturated heterocycles. The molecule has 1 atom stereocenters. The van der Waals surface area contributed by atoms with Gasteiger partial charge in [0.1, 0.15) is 4.88 Å². The SMILES string of the molecule is CC(C)c1nnsc1C(=O)N1CCCC(C#N)C1. The average Bonchev–Trinajstić information content (AvgIpc) is 2.87. The van der Waals surface area contributed by atoms with Crippen LogP contribution in [0.4, 0.5) is 0 Å². The molecule has 6 heteroatoms. The summed E-state index contributed by atoms with van der Waals surface area (Å²) in [4.78, 5) is 14.8. The predicted molar refractivity (Wildman–Crippen MR) is 68.2 cm³/mol. The summed E-state index contributed by atoms with van der Waals surface area (Å²) in [5.74, 6) is 0.138. The van der Waals surface area contributed by atoms with Crippen LogP contribution in [0.3, 0.4) is 0 Å². The molecule has 1 fully saturated rings. The van der Waals surface area contributed by atoms with E-state index in [9.17, 15) is 4.79 Å². The van der Waals surface area contributed by atoms with Crippen LogP contribution in [-0.4, -0.2) is 33.5 Å². The quantitative estimate of drug-likeness (QED) is 0.819. The Hall–Kier alpha value is -1.48. The molecule has 0 saturated carbocycles. The minimum Gasteiger partial charge on any atom is -0.337 e. The molecule has 2 rings (SSSR count). The van der Waals surface area contributed by atoms with E-state index in [0.29, 0.717) is 11.4 Å². The summed E-state index contributed by atoms with van der Waals surface area (Å²) < 4.78 is 3.88. The van der Waals surface area contributed by atoms with Crippen LogP contribution >= 0.6 is 11.5 Å². The fourth-order valence-corrected chi connectivity index (χ4v) is 2.92. The number of aromatic nitrogens is 2. The lowest BCUT2D eigenvalue weighted by atomic mass is 9.99. The lowest BCUT2D eigenvalue weighted by molar-refractivity contribution is 0.0702. The van der Waals surface area contributed by atoms with Gasteiger partial charge in [-0.05, 0) is 30.3 Å². The number of hydrogen-bond donors (Lipinski definition) is 0. The monoisotopic (exact) mass is 264 g/mol. The van der Waals surface area contributed by atoms with E-state index in [4.69, 9.17) is 5.26 Å². The summed E-state index contributed by atoms with van der Waals surface area (Å²) >= 11 is 1.15. The Labute approximate surface area is 111 Å². The Morgan fingerprint density at radius 2 is 2.39 bits per heavy atom. The van der Waals surface area contributed by atoms with Gasteiger partial charge in [-0.15, -0.1) is 5.10 Å². The number of piperidine rings is 1. The molecule has 1 aliphatic heterocycles. The van der Waals surface area contributed by atoms with Crippen molar-refractivity contribution in [1.82, 2.24) is 14.5 Å². The Balaban J connectivity index is 2.16. The standard InChI is InChI=1S/C12H16N4OS/c1-8(2)10-11(18-15-14-10)12(17)16-5-3-4-9(6-13)7-16/h8-9H,3-5,7H2,1-2H3. The number of nitriles is 1. The summed E-state index contributed by atoms with van der Waals surface area (Å²) in [5, 5.41) is 13.0. The predicted octanol–water partition coefficient (Wildman–Crippen LogP) is 2.04. The highest BCUT2D eigenvalue weighted by Gasteiger charge is 2.28. The highest BCUT2D eigenvalue weighted by atomic mass is 32.1. The van der Waals surface area contributed by atoms with Gasteiger partial charge in [0.25, 0.3) is 5.91 Å². The van der Waals surface area contributed by atoms with Crippen molar-refractivity contribution >= 4 is 17.4 Å². The number of carbonyl (C=O) groups excluding carboxylic acids is 1. The maximum absolute atomic E-state index is 12.4. The highest BCUT2D eigenvalue weighted by Crippen LogP contribution is 2.24. The van der Waals surface area contributed by atoms with E-state index >= 15 is 0 Å². The van der Waals surface area contributed by atoms with E-state index in [2.05, 4.69) is 15.7 Å². The number of carbonyl (C=O) groups is 1. The summed E-state index contributed by atoms with van der Waals surface area (Å²) in [6, 6.07) is 2.25. The van der Waals surface area contributed by atoms with Crippen LogP contribution in [0.25, 0.3) is 0 Å². The van der Waals surface area contributed by atoms with Gasteiger partial charge in [-0.25, -0.2) is 0 Å². The lowest BCUT2D eigenvalue weighted by Gasteiger charge is -2.29.